The number of carboxylic acid groups (broad SMARTS) is 1. The number of nitrogens with two attached hydrogens (primary N) is 1. The number of carboxylic acids is 1. The summed E-state index contributed by atoms with van der Waals surface area (Å²) in [6, 6.07) is 8.17. The Morgan fingerprint density at radius 2 is 1.65 bits per heavy atom. The zero-order valence-corrected chi connectivity index (χ0v) is 10.3. The summed E-state index contributed by atoms with van der Waals surface area (Å²) in [5.41, 5.74) is 6.38. The van der Waals surface area contributed by atoms with Crippen LogP contribution in [-0.4, -0.2) is 26.0 Å². The van der Waals surface area contributed by atoms with E-state index in [2.05, 4.69) is 15.0 Å². The molecule has 0 amide bonds. The Bertz CT molecular complexity index is 591. The second kappa shape index (κ2) is 7.94. The SMILES string of the molecule is N#CC(=Cc1ccc(N)cc1)C(=O)O.c1ncncn1. The third-order valence-electron chi connectivity index (χ3n) is 2.00. The van der Waals surface area contributed by atoms with Gasteiger partial charge in [-0.2, -0.15) is 5.26 Å². The van der Waals surface area contributed by atoms with E-state index < -0.39 is 5.97 Å². The van der Waals surface area contributed by atoms with Crippen molar-refractivity contribution >= 4 is 17.7 Å². The van der Waals surface area contributed by atoms with Crippen LogP contribution in [0.5, 0.6) is 0 Å². The van der Waals surface area contributed by atoms with Crippen molar-refractivity contribution in [2.24, 2.45) is 0 Å². The first-order valence-corrected chi connectivity index (χ1v) is 5.39. The van der Waals surface area contributed by atoms with Gasteiger partial charge in [0.1, 0.15) is 30.6 Å². The largest absolute Gasteiger partial charge is 0.477 e. The van der Waals surface area contributed by atoms with Crippen LogP contribution < -0.4 is 5.73 Å². The van der Waals surface area contributed by atoms with Crippen LogP contribution >= 0.6 is 0 Å². The normalized spacial score (nSPS) is 9.85. The minimum absolute atomic E-state index is 0.297. The Labute approximate surface area is 115 Å². The van der Waals surface area contributed by atoms with Gasteiger partial charge in [0.15, 0.2) is 0 Å². The van der Waals surface area contributed by atoms with Gasteiger partial charge in [-0.25, -0.2) is 19.7 Å². The molecule has 1 aromatic heterocycles. The third-order valence-corrected chi connectivity index (χ3v) is 2.00. The molecule has 3 N–H and O–H groups in total. The number of anilines is 1. The van der Waals surface area contributed by atoms with Gasteiger partial charge in [-0.05, 0) is 23.8 Å². The van der Waals surface area contributed by atoms with Crippen LogP contribution in [0.3, 0.4) is 0 Å². The van der Waals surface area contributed by atoms with Gasteiger partial charge in [-0.1, -0.05) is 12.1 Å². The summed E-state index contributed by atoms with van der Waals surface area (Å²) in [4.78, 5) is 21.2. The van der Waals surface area contributed by atoms with Crippen molar-refractivity contribution in [3.8, 4) is 6.07 Å². The highest BCUT2D eigenvalue weighted by atomic mass is 16.4. The summed E-state index contributed by atoms with van der Waals surface area (Å²) >= 11 is 0. The summed E-state index contributed by atoms with van der Waals surface area (Å²) in [5.74, 6) is -1.23. The minimum atomic E-state index is -1.23. The van der Waals surface area contributed by atoms with Crippen LogP contribution in [-0.2, 0) is 4.79 Å². The Hall–Kier alpha value is -3.27. The Morgan fingerprint density at radius 1 is 1.15 bits per heavy atom. The molecule has 7 heteroatoms. The van der Waals surface area contributed by atoms with E-state index in [0.717, 1.165) is 0 Å². The fourth-order valence-corrected chi connectivity index (χ4v) is 1.11. The van der Waals surface area contributed by atoms with Crippen LogP contribution in [0.15, 0.2) is 48.8 Å². The van der Waals surface area contributed by atoms with E-state index >= 15 is 0 Å². The maximum atomic E-state index is 10.5. The lowest BCUT2D eigenvalue weighted by atomic mass is 10.1. The summed E-state index contributed by atoms with van der Waals surface area (Å²) in [7, 11) is 0. The van der Waals surface area contributed by atoms with E-state index in [9.17, 15) is 4.79 Å². The number of nitriles is 1. The average molecular weight is 269 g/mol. The van der Waals surface area contributed by atoms with E-state index in [1.165, 1.54) is 25.1 Å². The molecule has 0 aliphatic heterocycles. The number of aliphatic carboxylic acids is 1. The second-order valence-electron chi connectivity index (χ2n) is 3.44. The van der Waals surface area contributed by atoms with Crippen molar-refractivity contribution in [3.05, 3.63) is 54.4 Å². The number of hydrogen-bond donors (Lipinski definition) is 2. The summed E-state index contributed by atoms with van der Waals surface area (Å²) in [6.45, 7) is 0. The van der Waals surface area contributed by atoms with Crippen LogP contribution in [0.2, 0.25) is 0 Å². The van der Waals surface area contributed by atoms with Crippen LogP contribution in [0.25, 0.3) is 6.08 Å². The zero-order valence-electron chi connectivity index (χ0n) is 10.3. The van der Waals surface area contributed by atoms with Crippen molar-refractivity contribution in [1.82, 2.24) is 15.0 Å². The quantitative estimate of drug-likeness (QED) is 0.475. The number of hydrogen-bond acceptors (Lipinski definition) is 6. The first-order chi connectivity index (χ1) is 9.63. The number of carbonyl (C=O) groups is 1. The molecule has 0 bridgehead atoms. The highest BCUT2D eigenvalue weighted by Gasteiger charge is 2.04. The fraction of sp³-hybridized carbons (Fsp3) is 0. The molecule has 0 radical (unpaired) electrons. The molecule has 0 spiro atoms. The van der Waals surface area contributed by atoms with E-state index in [-0.39, 0.29) is 5.57 Å². The number of nitrogen functional groups attached to an aromatic ring is 1. The van der Waals surface area contributed by atoms with Crippen LogP contribution in [0, 0.1) is 11.3 Å². The lowest BCUT2D eigenvalue weighted by molar-refractivity contribution is -0.132. The lowest BCUT2D eigenvalue weighted by Crippen LogP contribution is -1.97. The Morgan fingerprint density at radius 3 is 2.00 bits per heavy atom. The molecule has 1 aromatic carbocycles. The molecular formula is C13H11N5O2. The molecule has 2 rings (SSSR count). The standard InChI is InChI=1S/C10H8N2O2.C3H3N3/c11-6-8(10(13)14)5-7-1-3-9(12)4-2-7;1-4-2-6-3-5-1/h1-5H,12H2,(H,13,14);1-3H. The van der Waals surface area contributed by atoms with Crippen molar-refractivity contribution in [2.45, 2.75) is 0 Å². The predicted molar refractivity (Wildman–Crippen MR) is 71.9 cm³/mol. The highest BCUT2D eigenvalue weighted by Crippen LogP contribution is 2.09. The van der Waals surface area contributed by atoms with Gasteiger partial charge in [0.2, 0.25) is 0 Å². The molecule has 0 saturated carbocycles. The van der Waals surface area contributed by atoms with E-state index in [1.54, 1.807) is 30.3 Å². The maximum absolute atomic E-state index is 10.5. The first kappa shape index (κ1) is 14.8. The van der Waals surface area contributed by atoms with Crippen LogP contribution in [0.1, 0.15) is 5.56 Å². The third kappa shape index (κ3) is 5.37. The molecule has 2 aromatic rings. The van der Waals surface area contributed by atoms with Gasteiger partial charge in [0, 0.05) is 5.69 Å². The number of benzene rings is 1. The van der Waals surface area contributed by atoms with Gasteiger partial charge >= 0.3 is 5.97 Å². The van der Waals surface area contributed by atoms with Crippen molar-refractivity contribution < 1.29 is 9.90 Å². The molecule has 0 fully saturated rings. The second-order valence-corrected chi connectivity index (χ2v) is 3.44. The molecule has 20 heavy (non-hydrogen) atoms. The van der Waals surface area contributed by atoms with Gasteiger partial charge in [-0.3, -0.25) is 0 Å². The molecule has 0 saturated heterocycles. The molecule has 0 aliphatic rings. The maximum Gasteiger partial charge on any atom is 0.346 e. The predicted octanol–water partition coefficient (Wildman–Crippen LogP) is 1.13. The fourth-order valence-electron chi connectivity index (χ4n) is 1.11. The molecular weight excluding hydrogens is 258 g/mol. The topological polar surface area (TPSA) is 126 Å². The number of nitrogens with zero attached hydrogens (tertiary/aromatic N) is 4. The van der Waals surface area contributed by atoms with Gasteiger partial charge in [0.25, 0.3) is 0 Å². The lowest BCUT2D eigenvalue weighted by Gasteiger charge is -1.95. The highest BCUT2D eigenvalue weighted by molar-refractivity contribution is 5.96. The first-order valence-electron chi connectivity index (χ1n) is 5.39. The van der Waals surface area contributed by atoms with E-state index in [0.29, 0.717) is 11.3 Å². The number of rotatable bonds is 2. The molecule has 0 aliphatic carbocycles. The molecule has 7 nitrogen and oxygen atoms in total. The average Bonchev–Trinajstić information content (AvgIpc) is 2.49. The Balaban J connectivity index is 0.000000276. The summed E-state index contributed by atoms with van der Waals surface area (Å²) in [6.07, 6.45) is 5.61. The minimum Gasteiger partial charge on any atom is -0.477 e. The van der Waals surface area contributed by atoms with Crippen molar-refractivity contribution in [3.63, 3.8) is 0 Å². The molecule has 1 heterocycles. The van der Waals surface area contributed by atoms with Crippen LogP contribution in [0.4, 0.5) is 5.69 Å². The summed E-state index contributed by atoms with van der Waals surface area (Å²) in [5, 5.41) is 17.1. The van der Waals surface area contributed by atoms with Crippen molar-refractivity contribution in [1.29, 1.82) is 5.26 Å². The Kier molecular flexibility index (Phi) is 5.87. The van der Waals surface area contributed by atoms with Crippen molar-refractivity contribution in [2.75, 3.05) is 5.73 Å². The number of aromatic nitrogens is 3. The van der Waals surface area contributed by atoms with Gasteiger partial charge < -0.3 is 10.8 Å². The summed E-state index contributed by atoms with van der Waals surface area (Å²) < 4.78 is 0. The smallest absolute Gasteiger partial charge is 0.346 e. The van der Waals surface area contributed by atoms with Gasteiger partial charge in [0.05, 0.1) is 0 Å². The van der Waals surface area contributed by atoms with E-state index in [4.69, 9.17) is 16.1 Å². The monoisotopic (exact) mass is 269 g/mol. The van der Waals surface area contributed by atoms with E-state index in [1.807, 2.05) is 0 Å². The molecule has 0 atom stereocenters. The molecule has 0 unspecified atom stereocenters. The molecule has 100 valence electrons. The zero-order chi connectivity index (χ0) is 14.8. The van der Waals surface area contributed by atoms with Gasteiger partial charge in [-0.15, -0.1) is 0 Å².